The van der Waals surface area contributed by atoms with Crippen molar-refractivity contribution in [1.82, 2.24) is 5.32 Å². The van der Waals surface area contributed by atoms with Crippen molar-refractivity contribution in [2.45, 2.75) is 20.3 Å². The largest absolute Gasteiger partial charge is 0.490 e. The first-order valence-electron chi connectivity index (χ1n) is 9.57. The number of rotatable bonds is 10. The normalized spacial score (nSPS) is 10.8. The molecule has 0 bridgehead atoms. The van der Waals surface area contributed by atoms with Gasteiger partial charge in [0.15, 0.2) is 11.5 Å². The Morgan fingerprint density at radius 1 is 1.17 bits per heavy atom. The molecular formula is C22H25ClN4O3. The lowest BCUT2D eigenvalue weighted by atomic mass is 10.1. The number of benzene rings is 2. The van der Waals surface area contributed by atoms with E-state index in [1.165, 1.54) is 12.3 Å². The zero-order valence-corrected chi connectivity index (χ0v) is 17.8. The number of carbonyl (C=O) groups excluding carboxylic acids is 1. The molecule has 0 aromatic heterocycles. The van der Waals surface area contributed by atoms with Gasteiger partial charge in [0.05, 0.1) is 23.9 Å². The summed E-state index contributed by atoms with van der Waals surface area (Å²) in [6.07, 6.45) is 2.06. The van der Waals surface area contributed by atoms with E-state index < -0.39 is 5.91 Å². The Labute approximate surface area is 181 Å². The fourth-order valence-corrected chi connectivity index (χ4v) is 2.85. The second-order valence-corrected chi connectivity index (χ2v) is 6.62. The summed E-state index contributed by atoms with van der Waals surface area (Å²) in [5.74, 6) is 0.849. The van der Waals surface area contributed by atoms with Crippen LogP contribution < -0.4 is 25.8 Å². The number of nitrogens with one attached hydrogen (secondary N) is 2. The van der Waals surface area contributed by atoms with Crippen molar-refractivity contribution >= 4 is 28.9 Å². The molecule has 0 aliphatic carbocycles. The van der Waals surface area contributed by atoms with E-state index in [0.29, 0.717) is 54.1 Å². The molecule has 0 radical (unpaired) electrons. The molecule has 2 aromatic rings. The van der Waals surface area contributed by atoms with E-state index in [9.17, 15) is 10.1 Å². The van der Waals surface area contributed by atoms with Crippen LogP contribution in [-0.2, 0) is 11.2 Å². The number of ether oxygens (including phenoxy) is 2. The lowest BCUT2D eigenvalue weighted by Crippen LogP contribution is -2.18. The van der Waals surface area contributed by atoms with E-state index in [1.54, 1.807) is 12.1 Å². The molecule has 0 aliphatic heterocycles. The third-order valence-corrected chi connectivity index (χ3v) is 4.33. The number of nitrogens with zero attached hydrogens (tertiary/aromatic N) is 1. The monoisotopic (exact) mass is 428 g/mol. The van der Waals surface area contributed by atoms with Crippen molar-refractivity contribution in [2.24, 2.45) is 0 Å². The van der Waals surface area contributed by atoms with E-state index >= 15 is 0 Å². The summed E-state index contributed by atoms with van der Waals surface area (Å²) >= 11 is 6.05. The summed E-state index contributed by atoms with van der Waals surface area (Å²) in [6.45, 7) is 5.47. The molecule has 8 heteroatoms. The van der Waals surface area contributed by atoms with E-state index in [1.807, 2.05) is 38.1 Å². The van der Waals surface area contributed by atoms with Crippen molar-refractivity contribution in [3.63, 3.8) is 0 Å². The topological polar surface area (TPSA) is 109 Å². The Morgan fingerprint density at radius 2 is 1.90 bits per heavy atom. The first-order chi connectivity index (χ1) is 14.5. The molecule has 158 valence electrons. The van der Waals surface area contributed by atoms with Gasteiger partial charge in [-0.25, -0.2) is 0 Å². The van der Waals surface area contributed by atoms with Gasteiger partial charge in [-0.2, -0.15) is 5.26 Å². The summed E-state index contributed by atoms with van der Waals surface area (Å²) in [7, 11) is 0. The van der Waals surface area contributed by atoms with Crippen molar-refractivity contribution in [1.29, 1.82) is 5.26 Å². The van der Waals surface area contributed by atoms with Crippen molar-refractivity contribution in [2.75, 3.05) is 30.8 Å². The number of halogens is 1. The highest BCUT2D eigenvalue weighted by atomic mass is 35.5. The number of nitrogen functional groups attached to an aromatic ring is 1. The fourth-order valence-electron chi connectivity index (χ4n) is 2.61. The predicted molar refractivity (Wildman–Crippen MR) is 119 cm³/mol. The predicted octanol–water partition coefficient (Wildman–Crippen LogP) is 3.90. The number of amides is 1. The summed E-state index contributed by atoms with van der Waals surface area (Å²) < 4.78 is 11.2. The zero-order valence-electron chi connectivity index (χ0n) is 17.0. The number of nitriles is 1. The highest BCUT2D eigenvalue weighted by Crippen LogP contribution is 2.28. The van der Waals surface area contributed by atoms with Gasteiger partial charge in [-0.1, -0.05) is 17.7 Å². The Kier molecular flexibility index (Phi) is 8.85. The molecule has 7 nitrogen and oxygen atoms in total. The van der Waals surface area contributed by atoms with E-state index in [0.717, 1.165) is 5.56 Å². The van der Waals surface area contributed by atoms with Crippen molar-refractivity contribution < 1.29 is 14.3 Å². The van der Waals surface area contributed by atoms with E-state index in [4.69, 9.17) is 26.8 Å². The van der Waals surface area contributed by atoms with Gasteiger partial charge in [0.2, 0.25) is 0 Å². The minimum absolute atomic E-state index is 0.0652. The molecule has 0 aliphatic rings. The SMILES string of the molecule is CCOc1ccc(CCN/C=C(/C#N)C(=O)Nc2ccc(N)cc2Cl)cc1OCC. The van der Waals surface area contributed by atoms with Gasteiger partial charge >= 0.3 is 0 Å². The van der Waals surface area contributed by atoms with Crippen LogP contribution in [0.25, 0.3) is 0 Å². The molecule has 0 unspecified atom stereocenters. The molecular weight excluding hydrogens is 404 g/mol. The molecule has 0 saturated heterocycles. The molecule has 0 fully saturated rings. The maximum atomic E-state index is 12.3. The van der Waals surface area contributed by atoms with Crippen molar-refractivity contribution in [3.8, 4) is 17.6 Å². The smallest absolute Gasteiger partial charge is 0.267 e. The summed E-state index contributed by atoms with van der Waals surface area (Å²) in [6, 6.07) is 12.4. The first kappa shape index (κ1) is 22.9. The van der Waals surface area contributed by atoms with Crippen LogP contribution in [0.5, 0.6) is 11.5 Å². The lowest BCUT2D eigenvalue weighted by Gasteiger charge is -2.12. The van der Waals surface area contributed by atoms with Crippen LogP contribution in [0, 0.1) is 11.3 Å². The van der Waals surface area contributed by atoms with Gasteiger partial charge in [-0.3, -0.25) is 4.79 Å². The average molecular weight is 429 g/mol. The van der Waals surface area contributed by atoms with Crippen LogP contribution >= 0.6 is 11.6 Å². The molecule has 1 amide bonds. The van der Waals surface area contributed by atoms with E-state index in [-0.39, 0.29) is 5.57 Å². The van der Waals surface area contributed by atoms with Gasteiger partial charge in [-0.05, 0) is 56.2 Å². The average Bonchev–Trinajstić information content (AvgIpc) is 2.72. The van der Waals surface area contributed by atoms with Crippen LogP contribution in [0.4, 0.5) is 11.4 Å². The van der Waals surface area contributed by atoms with Crippen LogP contribution in [-0.4, -0.2) is 25.7 Å². The summed E-state index contributed by atoms with van der Waals surface area (Å²) in [5.41, 5.74) is 7.48. The molecule has 2 aromatic carbocycles. The Balaban J connectivity index is 1.95. The maximum absolute atomic E-state index is 12.3. The number of nitrogens with two attached hydrogens (primary N) is 1. The Bertz CT molecular complexity index is 954. The quantitative estimate of drug-likeness (QED) is 0.229. The number of hydrogen-bond donors (Lipinski definition) is 3. The number of anilines is 2. The third-order valence-electron chi connectivity index (χ3n) is 4.02. The Morgan fingerprint density at radius 3 is 2.57 bits per heavy atom. The van der Waals surface area contributed by atoms with E-state index in [2.05, 4.69) is 10.6 Å². The molecule has 0 saturated carbocycles. The zero-order chi connectivity index (χ0) is 21.9. The Hall–Kier alpha value is -3.37. The maximum Gasteiger partial charge on any atom is 0.267 e. The fraction of sp³-hybridized carbons (Fsp3) is 0.273. The number of carbonyl (C=O) groups is 1. The molecule has 0 spiro atoms. The van der Waals surface area contributed by atoms with Gasteiger partial charge < -0.3 is 25.8 Å². The first-order valence-corrected chi connectivity index (χ1v) is 9.94. The minimum Gasteiger partial charge on any atom is -0.490 e. The van der Waals surface area contributed by atoms with Crippen LogP contribution in [0.2, 0.25) is 5.02 Å². The summed E-state index contributed by atoms with van der Waals surface area (Å²) in [5, 5.41) is 15.2. The number of hydrogen-bond acceptors (Lipinski definition) is 6. The van der Waals surface area contributed by atoms with Crippen molar-refractivity contribution in [3.05, 3.63) is 58.8 Å². The highest BCUT2D eigenvalue weighted by Gasteiger charge is 2.11. The third kappa shape index (κ3) is 6.61. The molecule has 4 N–H and O–H groups in total. The molecule has 2 rings (SSSR count). The second kappa shape index (κ2) is 11.6. The summed E-state index contributed by atoms with van der Waals surface area (Å²) in [4.78, 5) is 12.3. The molecule has 0 atom stereocenters. The highest BCUT2D eigenvalue weighted by molar-refractivity contribution is 6.34. The minimum atomic E-state index is -0.559. The standard InChI is InChI=1S/C22H25ClN4O3/c1-3-29-20-8-5-15(11-21(20)30-4-2)9-10-26-14-16(13-24)22(28)27-19-7-6-17(25)12-18(19)23/h5-8,11-12,14,26H,3-4,9-10,25H2,1-2H3,(H,27,28)/b16-14-. The molecule has 30 heavy (non-hydrogen) atoms. The van der Waals surface area contributed by atoms with Crippen LogP contribution in [0.15, 0.2) is 48.2 Å². The van der Waals surface area contributed by atoms with Gasteiger partial charge in [0, 0.05) is 18.4 Å². The second-order valence-electron chi connectivity index (χ2n) is 6.21. The van der Waals surface area contributed by atoms with Gasteiger partial charge in [0.25, 0.3) is 5.91 Å². The van der Waals surface area contributed by atoms with Crippen LogP contribution in [0.1, 0.15) is 19.4 Å². The lowest BCUT2D eigenvalue weighted by molar-refractivity contribution is -0.112. The van der Waals surface area contributed by atoms with Gasteiger partial charge in [-0.15, -0.1) is 0 Å². The van der Waals surface area contributed by atoms with Gasteiger partial charge in [0.1, 0.15) is 11.6 Å². The molecule has 0 heterocycles. The van der Waals surface area contributed by atoms with Crippen LogP contribution in [0.3, 0.4) is 0 Å².